The van der Waals surface area contributed by atoms with Gasteiger partial charge in [0.15, 0.2) is 5.69 Å². The molecule has 0 aliphatic carbocycles. The number of aromatic nitrogens is 2. The molecular formula is C13H17N3O4. The molecule has 1 fully saturated rings. The number of carboxylic acid groups (broad SMARTS) is 1. The average molecular weight is 279 g/mol. The van der Waals surface area contributed by atoms with E-state index in [1.807, 2.05) is 6.92 Å². The molecule has 7 nitrogen and oxygen atoms in total. The third-order valence-electron chi connectivity index (χ3n) is 3.73. The maximum atomic E-state index is 12.2. The zero-order chi connectivity index (χ0) is 14.8. The number of amides is 1. The average Bonchev–Trinajstić information content (AvgIpc) is 2.47. The molecule has 2 heterocycles. The zero-order valence-corrected chi connectivity index (χ0v) is 11.2. The van der Waals surface area contributed by atoms with E-state index in [0.717, 1.165) is 6.20 Å². The third-order valence-corrected chi connectivity index (χ3v) is 3.73. The first-order valence-electron chi connectivity index (χ1n) is 6.52. The van der Waals surface area contributed by atoms with E-state index in [0.29, 0.717) is 32.4 Å². The summed E-state index contributed by atoms with van der Waals surface area (Å²) < 4.78 is 0. The van der Waals surface area contributed by atoms with E-state index < -0.39 is 11.6 Å². The molecule has 0 atom stereocenters. The second kappa shape index (κ2) is 5.54. The van der Waals surface area contributed by atoms with E-state index in [-0.39, 0.29) is 17.3 Å². The van der Waals surface area contributed by atoms with Crippen LogP contribution in [0.2, 0.25) is 0 Å². The Hall–Kier alpha value is -2.02. The van der Waals surface area contributed by atoms with E-state index in [2.05, 4.69) is 9.97 Å². The zero-order valence-electron chi connectivity index (χ0n) is 11.2. The Morgan fingerprint density at radius 3 is 2.25 bits per heavy atom. The molecule has 2 N–H and O–H groups in total. The third kappa shape index (κ3) is 2.93. The van der Waals surface area contributed by atoms with Gasteiger partial charge in [-0.2, -0.15) is 0 Å². The molecule has 108 valence electrons. The molecule has 1 aromatic rings. The molecular weight excluding hydrogens is 262 g/mol. The van der Waals surface area contributed by atoms with Crippen molar-refractivity contribution in [2.24, 2.45) is 0 Å². The van der Waals surface area contributed by atoms with Gasteiger partial charge in [0.2, 0.25) is 0 Å². The van der Waals surface area contributed by atoms with Crippen molar-refractivity contribution in [2.45, 2.75) is 31.8 Å². The van der Waals surface area contributed by atoms with Gasteiger partial charge in [0.25, 0.3) is 5.91 Å². The van der Waals surface area contributed by atoms with Crippen molar-refractivity contribution >= 4 is 11.9 Å². The van der Waals surface area contributed by atoms with Crippen LogP contribution in [0.3, 0.4) is 0 Å². The normalized spacial score (nSPS) is 17.8. The summed E-state index contributed by atoms with van der Waals surface area (Å²) in [5.41, 5.74) is -0.757. The molecule has 7 heteroatoms. The molecule has 0 aromatic carbocycles. The van der Waals surface area contributed by atoms with E-state index in [1.54, 1.807) is 4.90 Å². The fraction of sp³-hybridized carbons (Fsp3) is 0.538. The number of nitrogens with zero attached hydrogens (tertiary/aromatic N) is 3. The fourth-order valence-corrected chi connectivity index (χ4v) is 2.19. The van der Waals surface area contributed by atoms with Crippen LogP contribution in [-0.4, -0.2) is 55.6 Å². The predicted octanol–water partition coefficient (Wildman–Crippen LogP) is 0.552. The lowest BCUT2D eigenvalue weighted by Crippen LogP contribution is -2.46. The highest BCUT2D eigenvalue weighted by Crippen LogP contribution is 2.25. The minimum absolute atomic E-state index is 0.122. The number of likely N-dealkylation sites (tertiary alicyclic amines) is 1. The molecule has 0 bridgehead atoms. The van der Waals surface area contributed by atoms with Gasteiger partial charge >= 0.3 is 5.97 Å². The molecule has 1 saturated heterocycles. The fourth-order valence-electron chi connectivity index (χ4n) is 2.19. The topological polar surface area (TPSA) is 104 Å². The molecule has 2 rings (SSSR count). The maximum Gasteiger partial charge on any atom is 0.356 e. The van der Waals surface area contributed by atoms with Crippen molar-refractivity contribution in [1.82, 2.24) is 14.9 Å². The second-order valence-corrected chi connectivity index (χ2v) is 4.96. The van der Waals surface area contributed by atoms with Crippen molar-refractivity contribution in [2.75, 3.05) is 13.1 Å². The summed E-state index contributed by atoms with van der Waals surface area (Å²) in [4.78, 5) is 32.0. The largest absolute Gasteiger partial charge is 0.476 e. The van der Waals surface area contributed by atoms with Gasteiger partial charge in [-0.05, 0) is 19.3 Å². The smallest absolute Gasteiger partial charge is 0.356 e. The number of carboxylic acids is 1. The summed E-state index contributed by atoms with van der Waals surface area (Å²) in [7, 11) is 0. The molecule has 1 aromatic heterocycles. The van der Waals surface area contributed by atoms with Gasteiger partial charge in [-0.1, -0.05) is 6.92 Å². The van der Waals surface area contributed by atoms with E-state index in [4.69, 9.17) is 5.11 Å². The van der Waals surface area contributed by atoms with E-state index in [9.17, 15) is 14.7 Å². The minimum atomic E-state index is -1.18. The number of carbonyl (C=O) groups is 2. The molecule has 1 aliphatic heterocycles. The van der Waals surface area contributed by atoms with Gasteiger partial charge in [-0.25, -0.2) is 14.8 Å². The first-order valence-corrected chi connectivity index (χ1v) is 6.52. The summed E-state index contributed by atoms with van der Waals surface area (Å²) in [6.07, 6.45) is 3.99. The lowest BCUT2D eigenvalue weighted by Gasteiger charge is -2.37. The maximum absolute atomic E-state index is 12.2. The predicted molar refractivity (Wildman–Crippen MR) is 69.4 cm³/mol. The standard InChI is InChI=1S/C13H17N3O4/c1-2-13(20)3-5-16(6-4-13)11(17)9-7-15-10(8-14-9)12(18)19/h7-8,20H,2-6H2,1H3,(H,18,19). The van der Waals surface area contributed by atoms with Gasteiger partial charge in [-0.3, -0.25) is 4.79 Å². The van der Waals surface area contributed by atoms with Crippen LogP contribution in [0.15, 0.2) is 12.4 Å². The van der Waals surface area contributed by atoms with Crippen LogP contribution in [0.4, 0.5) is 0 Å². The Bertz CT molecular complexity index is 507. The SMILES string of the molecule is CCC1(O)CCN(C(=O)c2cnc(C(=O)O)cn2)CC1. The van der Waals surface area contributed by atoms with Crippen LogP contribution >= 0.6 is 0 Å². The lowest BCUT2D eigenvalue weighted by atomic mass is 9.89. The number of rotatable bonds is 3. The van der Waals surface area contributed by atoms with Gasteiger partial charge in [0, 0.05) is 13.1 Å². The van der Waals surface area contributed by atoms with Crippen molar-refractivity contribution in [3.63, 3.8) is 0 Å². The van der Waals surface area contributed by atoms with Crippen LogP contribution in [0, 0.1) is 0 Å². The molecule has 0 spiro atoms. The Morgan fingerprint density at radius 1 is 1.25 bits per heavy atom. The van der Waals surface area contributed by atoms with Crippen LogP contribution in [0.1, 0.15) is 47.2 Å². The van der Waals surface area contributed by atoms with E-state index in [1.165, 1.54) is 6.20 Å². The van der Waals surface area contributed by atoms with Crippen LogP contribution < -0.4 is 0 Å². The van der Waals surface area contributed by atoms with E-state index >= 15 is 0 Å². The van der Waals surface area contributed by atoms with Gasteiger partial charge < -0.3 is 15.1 Å². The monoisotopic (exact) mass is 279 g/mol. The lowest BCUT2D eigenvalue weighted by molar-refractivity contribution is -0.0195. The van der Waals surface area contributed by atoms with Crippen molar-refractivity contribution in [3.05, 3.63) is 23.8 Å². The first-order chi connectivity index (χ1) is 9.45. The minimum Gasteiger partial charge on any atom is -0.476 e. The van der Waals surface area contributed by atoms with Crippen molar-refractivity contribution in [3.8, 4) is 0 Å². The summed E-state index contributed by atoms with van der Waals surface area (Å²) in [5, 5.41) is 18.8. The van der Waals surface area contributed by atoms with Crippen LogP contribution in [-0.2, 0) is 0 Å². The highest BCUT2D eigenvalue weighted by Gasteiger charge is 2.32. The highest BCUT2D eigenvalue weighted by atomic mass is 16.4. The summed E-state index contributed by atoms with van der Waals surface area (Å²) in [6.45, 7) is 2.85. The number of hydrogen-bond donors (Lipinski definition) is 2. The molecule has 0 radical (unpaired) electrons. The number of carbonyl (C=O) groups excluding carboxylic acids is 1. The van der Waals surface area contributed by atoms with Crippen molar-refractivity contribution < 1.29 is 19.8 Å². The quantitative estimate of drug-likeness (QED) is 0.837. The summed E-state index contributed by atoms with van der Waals surface area (Å²) in [6, 6.07) is 0. The van der Waals surface area contributed by atoms with Gasteiger partial charge in [-0.15, -0.1) is 0 Å². The number of aliphatic hydroxyl groups is 1. The number of aromatic carboxylic acids is 1. The summed E-state index contributed by atoms with van der Waals surface area (Å²) >= 11 is 0. The second-order valence-electron chi connectivity index (χ2n) is 4.96. The Morgan fingerprint density at radius 2 is 1.80 bits per heavy atom. The van der Waals surface area contributed by atoms with Crippen LogP contribution in [0.25, 0.3) is 0 Å². The van der Waals surface area contributed by atoms with Gasteiger partial charge in [0.1, 0.15) is 5.69 Å². The number of piperidine rings is 1. The Kier molecular flexibility index (Phi) is 3.99. The number of hydrogen-bond acceptors (Lipinski definition) is 5. The first kappa shape index (κ1) is 14.4. The molecule has 0 unspecified atom stereocenters. The van der Waals surface area contributed by atoms with Gasteiger partial charge in [0.05, 0.1) is 18.0 Å². The van der Waals surface area contributed by atoms with Crippen molar-refractivity contribution in [1.29, 1.82) is 0 Å². The Balaban J connectivity index is 2.03. The van der Waals surface area contributed by atoms with Crippen LogP contribution in [0.5, 0.6) is 0 Å². The molecule has 1 amide bonds. The summed E-state index contributed by atoms with van der Waals surface area (Å²) in [5.74, 6) is -1.46. The molecule has 20 heavy (non-hydrogen) atoms. The molecule has 1 aliphatic rings. The highest BCUT2D eigenvalue weighted by molar-refractivity contribution is 5.92. The Labute approximate surface area is 116 Å². The molecule has 0 saturated carbocycles.